The molecule has 10 rings (SSSR count). The summed E-state index contributed by atoms with van der Waals surface area (Å²) in [6.45, 7) is 0. The molecule has 1 aliphatic heterocycles. The zero-order valence-electron chi connectivity index (χ0n) is 24.6. The zero-order chi connectivity index (χ0) is 30.2. The normalized spacial score (nSPS) is 12.3. The molecule has 0 N–H and O–H groups in total. The number of rotatable bonds is 3. The zero-order valence-corrected chi connectivity index (χ0v) is 25.4. The van der Waals surface area contributed by atoms with Crippen molar-refractivity contribution in [2.24, 2.45) is 0 Å². The SMILES string of the molecule is c1ccc(-c2cccc3c2sc2c(-c4ccc(-n5c6ccccc6c6ccc7c(c65)Oc5ccccc5O7)cc4)cccc23)cc1. The van der Waals surface area contributed by atoms with E-state index in [1.54, 1.807) is 0 Å². The lowest BCUT2D eigenvalue weighted by Gasteiger charge is -2.22. The quantitative estimate of drug-likeness (QED) is 0.199. The summed E-state index contributed by atoms with van der Waals surface area (Å²) >= 11 is 1.88. The Kier molecular flexibility index (Phi) is 5.45. The third-order valence-corrected chi connectivity index (χ3v) is 10.4. The van der Waals surface area contributed by atoms with Gasteiger partial charge in [0.1, 0.15) is 5.52 Å². The van der Waals surface area contributed by atoms with Crippen LogP contribution in [-0.4, -0.2) is 4.57 Å². The van der Waals surface area contributed by atoms with Gasteiger partial charge in [-0.3, -0.25) is 0 Å². The Morgan fingerprint density at radius 2 is 1.02 bits per heavy atom. The molecule has 0 atom stereocenters. The molecule has 7 aromatic carbocycles. The number of benzene rings is 7. The highest BCUT2D eigenvalue weighted by Crippen LogP contribution is 2.51. The van der Waals surface area contributed by atoms with E-state index in [0.29, 0.717) is 0 Å². The molecule has 0 amide bonds. The Balaban J connectivity index is 1.14. The molecule has 0 radical (unpaired) electrons. The van der Waals surface area contributed by atoms with Crippen LogP contribution in [0.25, 0.3) is 69.9 Å². The van der Waals surface area contributed by atoms with Crippen LogP contribution in [0.2, 0.25) is 0 Å². The van der Waals surface area contributed by atoms with Gasteiger partial charge >= 0.3 is 0 Å². The molecule has 3 heterocycles. The van der Waals surface area contributed by atoms with E-state index in [1.165, 1.54) is 47.8 Å². The summed E-state index contributed by atoms with van der Waals surface area (Å²) in [6, 6.07) is 53.5. The molecule has 2 aromatic heterocycles. The summed E-state index contributed by atoms with van der Waals surface area (Å²) in [5.74, 6) is 2.91. The van der Waals surface area contributed by atoms with Crippen LogP contribution in [0.1, 0.15) is 0 Å². The van der Waals surface area contributed by atoms with E-state index in [2.05, 4.69) is 126 Å². The van der Waals surface area contributed by atoms with Crippen molar-refractivity contribution >= 4 is 53.3 Å². The van der Waals surface area contributed by atoms with E-state index >= 15 is 0 Å². The number of aromatic nitrogens is 1. The van der Waals surface area contributed by atoms with Crippen molar-refractivity contribution in [2.45, 2.75) is 0 Å². The number of hydrogen-bond acceptors (Lipinski definition) is 3. The maximum atomic E-state index is 6.55. The summed E-state index contributed by atoms with van der Waals surface area (Å²) in [4.78, 5) is 0. The number of ether oxygens (including phenoxy) is 2. The van der Waals surface area contributed by atoms with Crippen LogP contribution >= 0.6 is 11.3 Å². The smallest absolute Gasteiger partial charge is 0.194 e. The fourth-order valence-electron chi connectivity index (χ4n) is 6.99. The number of fused-ring (bicyclic) bond motifs is 9. The van der Waals surface area contributed by atoms with E-state index < -0.39 is 0 Å². The fraction of sp³-hybridized carbons (Fsp3) is 0. The lowest BCUT2D eigenvalue weighted by atomic mass is 10.00. The minimum absolute atomic E-state index is 0.721. The Bertz CT molecular complexity index is 2630. The number of para-hydroxylation sites is 3. The van der Waals surface area contributed by atoms with Gasteiger partial charge in [-0.2, -0.15) is 0 Å². The van der Waals surface area contributed by atoms with E-state index in [-0.39, 0.29) is 0 Å². The van der Waals surface area contributed by atoms with Crippen molar-refractivity contribution in [3.8, 4) is 50.9 Å². The molecule has 1 aliphatic rings. The van der Waals surface area contributed by atoms with E-state index in [0.717, 1.165) is 45.1 Å². The molecule has 4 heteroatoms. The van der Waals surface area contributed by atoms with Crippen molar-refractivity contribution < 1.29 is 9.47 Å². The monoisotopic (exact) mass is 607 g/mol. The first-order valence-electron chi connectivity index (χ1n) is 15.4. The average Bonchev–Trinajstić information content (AvgIpc) is 3.68. The van der Waals surface area contributed by atoms with Gasteiger partial charge in [-0.05, 0) is 64.7 Å². The number of thiophene rings is 1. The van der Waals surface area contributed by atoms with Gasteiger partial charge in [0.15, 0.2) is 23.0 Å². The summed E-state index contributed by atoms with van der Waals surface area (Å²) in [5, 5.41) is 4.91. The molecular weight excluding hydrogens is 583 g/mol. The third kappa shape index (κ3) is 3.71. The van der Waals surface area contributed by atoms with Crippen molar-refractivity contribution in [3.63, 3.8) is 0 Å². The molecule has 0 aliphatic carbocycles. The molecular formula is C42H25NO2S. The maximum absolute atomic E-state index is 6.55. The lowest BCUT2D eigenvalue weighted by Crippen LogP contribution is -2.02. The van der Waals surface area contributed by atoms with E-state index in [4.69, 9.17) is 9.47 Å². The first kappa shape index (κ1) is 25.5. The minimum Gasteiger partial charge on any atom is -0.449 e. The van der Waals surface area contributed by atoms with Crippen LogP contribution in [0, 0.1) is 0 Å². The van der Waals surface area contributed by atoms with Crippen molar-refractivity contribution in [1.29, 1.82) is 0 Å². The lowest BCUT2D eigenvalue weighted by molar-refractivity contribution is 0.362. The van der Waals surface area contributed by atoms with Gasteiger partial charge in [0.2, 0.25) is 0 Å². The number of hydrogen-bond donors (Lipinski definition) is 0. The van der Waals surface area contributed by atoms with Crippen LogP contribution in [0.15, 0.2) is 152 Å². The molecule has 0 bridgehead atoms. The van der Waals surface area contributed by atoms with Gasteiger partial charge in [0.25, 0.3) is 0 Å². The molecule has 46 heavy (non-hydrogen) atoms. The highest BCUT2D eigenvalue weighted by atomic mass is 32.1. The van der Waals surface area contributed by atoms with Crippen LogP contribution in [0.5, 0.6) is 23.0 Å². The minimum atomic E-state index is 0.721. The topological polar surface area (TPSA) is 23.4 Å². The summed E-state index contributed by atoms with van der Waals surface area (Å²) in [5.41, 5.74) is 8.17. The predicted molar refractivity (Wildman–Crippen MR) is 191 cm³/mol. The Labute approximate surface area is 269 Å². The van der Waals surface area contributed by atoms with Crippen LogP contribution < -0.4 is 9.47 Å². The van der Waals surface area contributed by atoms with E-state index in [9.17, 15) is 0 Å². The second-order valence-corrected chi connectivity index (χ2v) is 12.7. The molecule has 0 saturated carbocycles. The van der Waals surface area contributed by atoms with Gasteiger partial charge < -0.3 is 14.0 Å². The van der Waals surface area contributed by atoms with Crippen molar-refractivity contribution in [1.82, 2.24) is 4.57 Å². The highest BCUT2D eigenvalue weighted by Gasteiger charge is 2.25. The van der Waals surface area contributed by atoms with Crippen LogP contribution in [0.4, 0.5) is 0 Å². The summed E-state index contributed by atoms with van der Waals surface area (Å²) < 4.78 is 17.8. The molecule has 0 saturated heterocycles. The molecule has 0 unspecified atom stereocenters. The van der Waals surface area contributed by atoms with E-state index in [1.807, 2.05) is 41.7 Å². The van der Waals surface area contributed by atoms with Crippen molar-refractivity contribution in [3.05, 3.63) is 152 Å². The second kappa shape index (κ2) is 9.83. The maximum Gasteiger partial charge on any atom is 0.194 e. The molecule has 3 nitrogen and oxygen atoms in total. The van der Waals surface area contributed by atoms with Gasteiger partial charge in [0.05, 0.1) is 5.52 Å². The average molecular weight is 608 g/mol. The molecule has 9 aromatic rings. The van der Waals surface area contributed by atoms with Gasteiger partial charge in [0, 0.05) is 36.6 Å². The van der Waals surface area contributed by atoms with Gasteiger partial charge in [-0.1, -0.05) is 109 Å². The largest absolute Gasteiger partial charge is 0.449 e. The van der Waals surface area contributed by atoms with Gasteiger partial charge in [-0.15, -0.1) is 11.3 Å². The first-order chi connectivity index (χ1) is 22.8. The Morgan fingerprint density at radius 1 is 0.413 bits per heavy atom. The van der Waals surface area contributed by atoms with Gasteiger partial charge in [-0.25, -0.2) is 0 Å². The summed E-state index contributed by atoms with van der Waals surface area (Å²) in [7, 11) is 0. The second-order valence-electron chi connectivity index (χ2n) is 11.7. The fourth-order valence-corrected chi connectivity index (χ4v) is 8.36. The van der Waals surface area contributed by atoms with Crippen LogP contribution in [-0.2, 0) is 0 Å². The predicted octanol–water partition coefficient (Wildman–Crippen LogP) is 12.4. The van der Waals surface area contributed by atoms with Crippen molar-refractivity contribution in [2.75, 3.05) is 0 Å². The number of nitrogens with zero attached hydrogens (tertiary/aromatic N) is 1. The third-order valence-electron chi connectivity index (χ3n) is 9.08. The molecule has 0 fully saturated rings. The Morgan fingerprint density at radius 3 is 1.76 bits per heavy atom. The first-order valence-corrected chi connectivity index (χ1v) is 16.2. The standard InChI is InChI=1S/C42H25NO2S/c1-2-10-26(11-3-1)29-13-8-15-33-34-16-9-14-30(42(34)46-41(29)33)27-20-22-28(23-21-27)43-35-17-5-4-12-31(35)32-24-25-38-40(39(32)43)45-37-19-7-6-18-36(37)44-38/h1-25H. The Hall–Kier alpha value is -5.84. The highest BCUT2D eigenvalue weighted by molar-refractivity contribution is 7.26. The molecule has 0 spiro atoms. The molecule has 216 valence electrons. The van der Waals surface area contributed by atoms with Crippen LogP contribution in [0.3, 0.4) is 0 Å². The summed E-state index contributed by atoms with van der Waals surface area (Å²) in [6.07, 6.45) is 0.